The predicted molar refractivity (Wildman–Crippen MR) is 65.5 cm³/mol. The molecule has 4 nitrogen and oxygen atoms in total. The molecule has 0 aliphatic carbocycles. The second kappa shape index (κ2) is 5.19. The average molecular weight is 233 g/mol. The van der Waals surface area contributed by atoms with Crippen molar-refractivity contribution in [3.63, 3.8) is 0 Å². The molecule has 1 fully saturated rings. The number of amides is 1. The monoisotopic (exact) mass is 233 g/mol. The highest BCUT2D eigenvalue weighted by Crippen LogP contribution is 2.16. The Labute approximate surface area is 101 Å². The van der Waals surface area contributed by atoms with Crippen molar-refractivity contribution in [3.05, 3.63) is 29.8 Å². The normalized spacial score (nSPS) is 16.1. The highest BCUT2D eigenvalue weighted by molar-refractivity contribution is 5.77. The smallest absolute Gasteiger partial charge is 0.252 e. The van der Waals surface area contributed by atoms with Crippen LogP contribution < -0.4 is 4.90 Å². The van der Waals surface area contributed by atoms with Crippen LogP contribution in [0.15, 0.2) is 24.3 Å². The van der Waals surface area contributed by atoms with Crippen LogP contribution in [0.2, 0.25) is 0 Å². The zero-order valence-corrected chi connectivity index (χ0v) is 10.1. The van der Waals surface area contributed by atoms with Crippen molar-refractivity contribution in [2.45, 2.75) is 6.92 Å². The molecule has 1 saturated heterocycles. The maximum Gasteiger partial charge on any atom is 0.252 e. The predicted octanol–water partition coefficient (Wildman–Crippen LogP) is 1.07. The number of anilines is 1. The molecule has 1 aliphatic heterocycles. The first-order chi connectivity index (χ1) is 8.20. The molecular formula is C13H17N2O2. The van der Waals surface area contributed by atoms with Gasteiger partial charge in [0.25, 0.3) is 5.91 Å². The van der Waals surface area contributed by atoms with Gasteiger partial charge < -0.3 is 9.80 Å². The van der Waals surface area contributed by atoms with E-state index in [1.54, 1.807) is 4.90 Å². The summed E-state index contributed by atoms with van der Waals surface area (Å²) in [5.74, 6) is -0.284. The second-order valence-corrected chi connectivity index (χ2v) is 4.35. The first kappa shape index (κ1) is 11.9. The van der Waals surface area contributed by atoms with Gasteiger partial charge in [0.1, 0.15) is 0 Å². The fraction of sp³-hybridized carbons (Fsp3) is 0.462. The quantitative estimate of drug-likeness (QED) is 0.767. The van der Waals surface area contributed by atoms with Gasteiger partial charge in [-0.3, -0.25) is 4.79 Å². The van der Waals surface area contributed by atoms with E-state index in [0.717, 1.165) is 13.1 Å². The Balaban J connectivity index is 1.95. The maximum absolute atomic E-state index is 11.2. The van der Waals surface area contributed by atoms with Crippen molar-refractivity contribution in [2.24, 2.45) is 0 Å². The Morgan fingerprint density at radius 2 is 1.71 bits per heavy atom. The third kappa shape index (κ3) is 2.77. The molecule has 1 heterocycles. The van der Waals surface area contributed by atoms with E-state index in [-0.39, 0.29) is 5.91 Å². The van der Waals surface area contributed by atoms with Crippen LogP contribution in [0.3, 0.4) is 0 Å². The number of carbonyl (C=O) groups is 1. The largest absolute Gasteiger partial charge is 0.368 e. The molecule has 0 N–H and O–H groups in total. The van der Waals surface area contributed by atoms with Crippen LogP contribution in [0.25, 0.3) is 0 Å². The van der Waals surface area contributed by atoms with Crippen molar-refractivity contribution in [3.8, 4) is 0 Å². The summed E-state index contributed by atoms with van der Waals surface area (Å²) in [6.45, 7) is 4.33. The van der Waals surface area contributed by atoms with Gasteiger partial charge >= 0.3 is 0 Å². The van der Waals surface area contributed by atoms with Gasteiger partial charge in [0.05, 0.1) is 0 Å². The minimum Gasteiger partial charge on any atom is -0.368 e. The number of nitrogens with zero attached hydrogens (tertiary/aromatic N) is 2. The molecule has 0 aromatic heterocycles. The van der Waals surface area contributed by atoms with Gasteiger partial charge in [-0.1, -0.05) is 17.7 Å². The van der Waals surface area contributed by atoms with E-state index in [1.807, 2.05) is 0 Å². The van der Waals surface area contributed by atoms with Crippen molar-refractivity contribution in [2.75, 3.05) is 37.7 Å². The summed E-state index contributed by atoms with van der Waals surface area (Å²) in [6, 6.07) is 8.37. The molecule has 1 aromatic rings. The van der Waals surface area contributed by atoms with E-state index >= 15 is 0 Å². The molecule has 0 atom stereocenters. The molecule has 1 aromatic carbocycles. The standard InChI is InChI=1S/C13H17N2O2/c1-11-2-4-12(5-3-11)14-6-8-15(9-7-14)13(17)10-16/h2-5H,6-10H2,1H3. The molecular weight excluding hydrogens is 216 g/mol. The van der Waals surface area contributed by atoms with Crippen LogP contribution >= 0.6 is 0 Å². The zero-order chi connectivity index (χ0) is 12.3. The molecule has 2 rings (SSSR count). The fourth-order valence-corrected chi connectivity index (χ4v) is 2.06. The van der Waals surface area contributed by atoms with E-state index in [2.05, 4.69) is 36.1 Å². The summed E-state index contributed by atoms with van der Waals surface area (Å²) < 4.78 is 0. The number of hydrogen-bond acceptors (Lipinski definition) is 2. The number of carbonyl (C=O) groups excluding carboxylic acids is 1. The number of benzene rings is 1. The van der Waals surface area contributed by atoms with E-state index in [4.69, 9.17) is 0 Å². The molecule has 1 radical (unpaired) electrons. The third-order valence-electron chi connectivity index (χ3n) is 3.15. The number of aryl methyl sites for hydroxylation is 1. The lowest BCUT2D eigenvalue weighted by Crippen LogP contribution is -2.49. The maximum atomic E-state index is 11.2. The van der Waals surface area contributed by atoms with Crippen LogP contribution in [-0.2, 0) is 9.90 Å². The molecule has 17 heavy (non-hydrogen) atoms. The van der Waals surface area contributed by atoms with E-state index in [1.165, 1.54) is 11.3 Å². The molecule has 0 bridgehead atoms. The van der Waals surface area contributed by atoms with Crippen LogP contribution in [0, 0.1) is 6.92 Å². The van der Waals surface area contributed by atoms with Gasteiger partial charge in [-0.25, -0.2) is 5.11 Å². The van der Waals surface area contributed by atoms with Gasteiger partial charge in [0, 0.05) is 31.9 Å². The summed E-state index contributed by atoms with van der Waals surface area (Å²) in [7, 11) is 0. The van der Waals surface area contributed by atoms with Crippen molar-refractivity contribution < 1.29 is 9.90 Å². The summed E-state index contributed by atoms with van der Waals surface area (Å²) in [5, 5.41) is 10.5. The van der Waals surface area contributed by atoms with Crippen LogP contribution in [-0.4, -0.2) is 43.6 Å². The molecule has 4 heteroatoms. The first-order valence-corrected chi connectivity index (χ1v) is 5.88. The Bertz CT molecular complexity index is 381. The molecule has 0 saturated carbocycles. The Kier molecular flexibility index (Phi) is 3.64. The van der Waals surface area contributed by atoms with Crippen molar-refractivity contribution in [1.29, 1.82) is 0 Å². The Morgan fingerprint density at radius 3 is 2.24 bits per heavy atom. The second-order valence-electron chi connectivity index (χ2n) is 4.35. The lowest BCUT2D eigenvalue weighted by Gasteiger charge is -2.35. The van der Waals surface area contributed by atoms with E-state index < -0.39 is 6.61 Å². The summed E-state index contributed by atoms with van der Waals surface area (Å²) in [5.41, 5.74) is 2.43. The van der Waals surface area contributed by atoms with Crippen LogP contribution in [0.4, 0.5) is 5.69 Å². The topological polar surface area (TPSA) is 43.5 Å². The van der Waals surface area contributed by atoms with Gasteiger partial charge in [0.2, 0.25) is 0 Å². The summed E-state index contributed by atoms with van der Waals surface area (Å²) >= 11 is 0. The van der Waals surface area contributed by atoms with E-state index in [0.29, 0.717) is 13.1 Å². The number of rotatable bonds is 2. The highest BCUT2D eigenvalue weighted by Gasteiger charge is 2.20. The SMILES string of the molecule is Cc1ccc(N2CCN(C(=O)C[O])CC2)cc1. The summed E-state index contributed by atoms with van der Waals surface area (Å²) in [6.07, 6.45) is 0. The van der Waals surface area contributed by atoms with Crippen LogP contribution in [0.5, 0.6) is 0 Å². The minimum atomic E-state index is -0.634. The van der Waals surface area contributed by atoms with Gasteiger partial charge in [-0.2, -0.15) is 0 Å². The van der Waals surface area contributed by atoms with Gasteiger partial charge in [-0.15, -0.1) is 0 Å². The number of hydrogen-bond donors (Lipinski definition) is 0. The van der Waals surface area contributed by atoms with Crippen molar-refractivity contribution >= 4 is 11.6 Å². The lowest BCUT2D eigenvalue weighted by atomic mass is 10.2. The Morgan fingerprint density at radius 1 is 1.12 bits per heavy atom. The fourth-order valence-electron chi connectivity index (χ4n) is 2.06. The van der Waals surface area contributed by atoms with Gasteiger partial charge in [0.15, 0.2) is 6.61 Å². The first-order valence-electron chi connectivity index (χ1n) is 5.88. The molecule has 1 amide bonds. The lowest BCUT2D eigenvalue weighted by molar-refractivity contribution is -0.136. The Hall–Kier alpha value is -1.55. The van der Waals surface area contributed by atoms with E-state index in [9.17, 15) is 9.90 Å². The summed E-state index contributed by atoms with van der Waals surface area (Å²) in [4.78, 5) is 15.1. The van der Waals surface area contributed by atoms with Crippen molar-refractivity contribution in [1.82, 2.24) is 4.90 Å². The molecule has 91 valence electrons. The molecule has 0 spiro atoms. The average Bonchev–Trinajstić information content (AvgIpc) is 2.39. The third-order valence-corrected chi connectivity index (χ3v) is 3.15. The van der Waals surface area contributed by atoms with Gasteiger partial charge in [-0.05, 0) is 19.1 Å². The zero-order valence-electron chi connectivity index (χ0n) is 10.1. The number of piperazine rings is 1. The highest BCUT2D eigenvalue weighted by atomic mass is 16.3. The van der Waals surface area contributed by atoms with Crippen LogP contribution in [0.1, 0.15) is 5.56 Å². The minimum absolute atomic E-state index is 0.284. The molecule has 1 aliphatic rings. The molecule has 0 unspecified atom stereocenters.